The van der Waals surface area contributed by atoms with E-state index in [9.17, 15) is 14.2 Å². The van der Waals surface area contributed by atoms with Crippen LogP contribution in [-0.4, -0.2) is 27.4 Å². The number of amides is 1. The van der Waals surface area contributed by atoms with Gasteiger partial charge in [0.25, 0.3) is 11.0 Å². The summed E-state index contributed by atoms with van der Waals surface area (Å²) in [7, 11) is -4.45. The van der Waals surface area contributed by atoms with Crippen molar-refractivity contribution in [1.29, 1.82) is 0 Å². The van der Waals surface area contributed by atoms with E-state index in [4.69, 9.17) is 48.6 Å². The lowest BCUT2D eigenvalue weighted by Crippen LogP contribution is -2.42. The summed E-state index contributed by atoms with van der Waals surface area (Å²) >= 11 is 20.3. The third-order valence-electron chi connectivity index (χ3n) is 3.13. The van der Waals surface area contributed by atoms with Crippen molar-refractivity contribution in [2.75, 3.05) is 6.61 Å². The van der Waals surface area contributed by atoms with Crippen LogP contribution in [0.15, 0.2) is 60.7 Å². The maximum atomic E-state index is 13.7. The molecule has 2 rings (SSSR count). The molecule has 0 radical (unpaired) electrons. The first-order valence-corrected chi connectivity index (χ1v) is 11.1. The Kier molecular flexibility index (Phi) is 8.55. The van der Waals surface area contributed by atoms with Crippen molar-refractivity contribution >= 4 is 66.2 Å². The molecule has 0 bridgehead atoms. The van der Waals surface area contributed by atoms with Crippen LogP contribution < -0.4 is 14.4 Å². The Hall–Kier alpha value is -1.57. The largest absolute Gasteiger partial charge is 0.464 e. The highest BCUT2D eigenvalue weighted by Crippen LogP contribution is 2.52. The number of ether oxygens (including phenoxy) is 1. The number of esters is 1. The van der Waals surface area contributed by atoms with Gasteiger partial charge < -0.3 is 19.1 Å². The Morgan fingerprint density at radius 1 is 0.966 bits per heavy atom. The second kappa shape index (κ2) is 10.5. The minimum absolute atomic E-state index is 0.124. The van der Waals surface area contributed by atoms with E-state index >= 15 is 0 Å². The van der Waals surface area contributed by atoms with Gasteiger partial charge in [-0.25, -0.2) is 9.36 Å². The van der Waals surface area contributed by atoms with E-state index in [-0.39, 0.29) is 11.5 Å². The number of halogens is 3. The van der Waals surface area contributed by atoms with Gasteiger partial charge in [-0.15, -0.1) is 0 Å². The lowest BCUT2D eigenvalue weighted by Gasteiger charge is -2.26. The van der Waals surface area contributed by atoms with Crippen molar-refractivity contribution in [3.8, 4) is 11.5 Å². The van der Waals surface area contributed by atoms with E-state index < -0.39 is 35.0 Å². The van der Waals surface area contributed by atoms with E-state index in [0.29, 0.717) is 0 Å². The zero-order chi connectivity index (χ0) is 21.5. The summed E-state index contributed by atoms with van der Waals surface area (Å²) in [4.78, 5) is 24.1. The van der Waals surface area contributed by atoms with Crippen LogP contribution in [0.25, 0.3) is 0 Å². The van der Waals surface area contributed by atoms with Crippen LogP contribution in [0.1, 0.15) is 0 Å². The summed E-state index contributed by atoms with van der Waals surface area (Å²) in [5, 5.41) is 1.13. The molecule has 0 heterocycles. The Morgan fingerprint density at radius 3 is 1.79 bits per heavy atom. The molecule has 12 heteroatoms. The molecule has 1 atom stereocenters. The number of hydrogen-bond acceptors (Lipinski definition) is 6. The van der Waals surface area contributed by atoms with Gasteiger partial charge >= 0.3 is 13.6 Å². The molecule has 7 nitrogen and oxygen atoms in total. The summed E-state index contributed by atoms with van der Waals surface area (Å²) in [5.74, 6) is -2.84. The van der Waals surface area contributed by atoms with Crippen molar-refractivity contribution in [2.45, 2.75) is 9.58 Å². The number of para-hydroxylation sites is 2. The van der Waals surface area contributed by atoms with Crippen LogP contribution in [-0.2, 0) is 14.1 Å². The van der Waals surface area contributed by atoms with Gasteiger partial charge in [-0.3, -0.25) is 4.79 Å². The predicted molar refractivity (Wildman–Crippen MR) is 114 cm³/mol. The Labute approximate surface area is 187 Å². The third-order valence-corrected chi connectivity index (χ3v) is 5.49. The van der Waals surface area contributed by atoms with E-state index in [1.807, 2.05) is 0 Å². The molecule has 2 aromatic rings. The van der Waals surface area contributed by atoms with Gasteiger partial charge in [0.1, 0.15) is 18.1 Å². The quantitative estimate of drug-likeness (QED) is 0.225. The summed E-state index contributed by atoms with van der Waals surface area (Å²) in [6, 6.07) is 15.9. The molecule has 1 N–H and O–H groups in total. The molecule has 0 aliphatic heterocycles. The molecule has 29 heavy (non-hydrogen) atoms. The zero-order valence-corrected chi connectivity index (χ0v) is 18.6. The first kappa shape index (κ1) is 23.7. The van der Waals surface area contributed by atoms with Crippen LogP contribution in [0.4, 0.5) is 4.79 Å². The molecule has 1 amide bonds. The van der Waals surface area contributed by atoms with E-state index in [2.05, 4.69) is 17.9 Å². The number of hydrogen-bond donors (Lipinski definition) is 2. The van der Waals surface area contributed by atoms with Crippen molar-refractivity contribution in [1.82, 2.24) is 5.32 Å². The van der Waals surface area contributed by atoms with Crippen LogP contribution in [0, 0.1) is 0 Å². The van der Waals surface area contributed by atoms with Gasteiger partial charge in [0.2, 0.25) is 3.79 Å². The predicted octanol–water partition coefficient (Wildman–Crippen LogP) is 5.22. The number of thiol groups is 1. The lowest BCUT2D eigenvalue weighted by atomic mass is 10.3. The number of alkyl halides is 3. The molecule has 0 aromatic heterocycles. The van der Waals surface area contributed by atoms with Gasteiger partial charge in [-0.1, -0.05) is 83.8 Å². The van der Waals surface area contributed by atoms with Gasteiger partial charge in [-0.2, -0.15) is 0 Å². The van der Waals surface area contributed by atoms with E-state index in [1.54, 1.807) is 36.4 Å². The van der Waals surface area contributed by atoms with Crippen LogP contribution in [0.2, 0.25) is 0 Å². The molecular weight excluding hydrogens is 484 g/mol. The fourth-order valence-electron chi connectivity index (χ4n) is 2.00. The van der Waals surface area contributed by atoms with Crippen molar-refractivity contribution in [3.05, 3.63) is 60.7 Å². The first-order chi connectivity index (χ1) is 13.6. The minimum Gasteiger partial charge on any atom is -0.459 e. The summed E-state index contributed by atoms with van der Waals surface area (Å²) in [5.41, 5.74) is 0. The first-order valence-electron chi connectivity index (χ1n) is 7.91. The van der Waals surface area contributed by atoms with Crippen molar-refractivity contribution in [2.24, 2.45) is 0 Å². The lowest BCUT2D eigenvalue weighted by molar-refractivity contribution is -0.143. The summed E-state index contributed by atoms with van der Waals surface area (Å²) < 4.78 is 27.6. The fourth-order valence-corrected chi connectivity index (χ4v) is 4.08. The third kappa shape index (κ3) is 7.99. The van der Waals surface area contributed by atoms with Crippen molar-refractivity contribution in [3.63, 3.8) is 0 Å². The van der Waals surface area contributed by atoms with Gasteiger partial charge in [-0.05, 0) is 24.3 Å². The average Bonchev–Trinajstić information content (AvgIpc) is 2.65. The molecule has 0 spiro atoms. The molecule has 156 valence electrons. The van der Waals surface area contributed by atoms with E-state index in [1.165, 1.54) is 24.3 Å². The number of nitrogens with one attached hydrogen (secondary N) is 1. The van der Waals surface area contributed by atoms with Gasteiger partial charge in [0.05, 0.1) is 0 Å². The highest BCUT2D eigenvalue weighted by molar-refractivity contribution is 7.96. The normalized spacial score (nSPS) is 12.6. The number of carbonyl (C=O) groups excluding carboxylic acids is 2. The zero-order valence-electron chi connectivity index (χ0n) is 14.5. The maximum absolute atomic E-state index is 13.7. The average molecular weight is 499 g/mol. The minimum atomic E-state index is -4.45. The van der Waals surface area contributed by atoms with E-state index in [0.717, 1.165) is 0 Å². The Morgan fingerprint density at radius 2 is 1.41 bits per heavy atom. The molecule has 0 saturated heterocycles. The highest BCUT2D eigenvalue weighted by atomic mass is 35.6. The van der Waals surface area contributed by atoms with Crippen LogP contribution in [0.3, 0.4) is 0 Å². The molecule has 0 aliphatic rings. The molecule has 2 aromatic carbocycles. The summed E-state index contributed by atoms with van der Waals surface area (Å²) in [6.45, 7) is -0.661. The van der Waals surface area contributed by atoms with Crippen LogP contribution in [0.5, 0.6) is 11.5 Å². The number of benzene rings is 2. The Bertz CT molecular complexity index is 836. The smallest absolute Gasteiger partial charge is 0.459 e. The SMILES string of the molecule is O=C(S)NC(C(=O)OCC(Cl)(Cl)Cl)P(=O)(Oc1ccccc1)Oc1ccccc1. The van der Waals surface area contributed by atoms with Gasteiger partial charge in [0, 0.05) is 0 Å². The second-order valence-corrected chi connectivity index (χ2v) is 10.3. The fraction of sp³-hybridized carbons (Fsp3) is 0.176. The van der Waals surface area contributed by atoms with Crippen molar-refractivity contribution < 1.29 is 27.9 Å². The molecule has 0 saturated carbocycles. The molecule has 1 unspecified atom stereocenters. The second-order valence-electron chi connectivity index (χ2n) is 5.42. The Balaban J connectivity index is 2.40. The molecular formula is C17H15Cl3NO6PS. The number of carbonyl (C=O) groups is 2. The van der Waals surface area contributed by atoms with Crippen LogP contribution >= 0.6 is 55.0 Å². The number of rotatable bonds is 8. The summed E-state index contributed by atoms with van der Waals surface area (Å²) in [6.07, 6.45) is 0. The maximum Gasteiger partial charge on any atom is 0.464 e. The molecule has 0 fully saturated rings. The highest BCUT2D eigenvalue weighted by Gasteiger charge is 2.47. The molecule has 0 aliphatic carbocycles. The topological polar surface area (TPSA) is 90.9 Å². The van der Waals surface area contributed by atoms with Gasteiger partial charge in [0.15, 0.2) is 0 Å². The standard InChI is InChI=1S/C17H15Cl3NO6PS/c18-17(19,20)11-25-15(22)14(21-16(23)29)28(24,26-12-7-3-1-4-8-12)27-13-9-5-2-6-10-13/h1-10,14H,11H2,(H2,21,23,29). The monoisotopic (exact) mass is 497 g/mol.